The Hall–Kier alpha value is -0.650. The van der Waals surface area contributed by atoms with Crippen molar-refractivity contribution in [2.24, 2.45) is 0 Å². The zero-order valence-corrected chi connectivity index (χ0v) is 10.7. The first kappa shape index (κ1) is 11.8. The summed E-state index contributed by atoms with van der Waals surface area (Å²) in [6, 6.07) is 0. The van der Waals surface area contributed by atoms with Crippen molar-refractivity contribution in [1.82, 2.24) is 10.3 Å². The summed E-state index contributed by atoms with van der Waals surface area (Å²) < 4.78 is 0. The molecule has 1 atom stereocenters. The molecule has 2 heterocycles. The van der Waals surface area contributed by atoms with E-state index >= 15 is 0 Å². The summed E-state index contributed by atoms with van der Waals surface area (Å²) in [4.78, 5) is 15.4. The molecular weight excluding hydrogens is 240 g/mol. The van der Waals surface area contributed by atoms with Gasteiger partial charge in [-0.15, -0.1) is 11.3 Å². The molecular formula is C11H14N2OS2. The maximum atomic E-state index is 11.2. The Kier molecular flexibility index (Phi) is 4.15. The summed E-state index contributed by atoms with van der Waals surface area (Å²) in [6.07, 6.45) is 4.93. The van der Waals surface area contributed by atoms with Gasteiger partial charge in [-0.1, -0.05) is 11.8 Å². The standard InChI is InChI=1S/C11H14N2OS2/c1-8(14)16-10-2-3-12-7-9(10)6-11-13-4-5-15-11/h4-6,10,12H,2-3,7H2,1H3. The van der Waals surface area contributed by atoms with Gasteiger partial charge in [0.1, 0.15) is 5.01 Å². The van der Waals surface area contributed by atoms with Crippen LogP contribution in [-0.4, -0.2) is 28.4 Å². The highest BCUT2D eigenvalue weighted by molar-refractivity contribution is 8.14. The molecule has 1 fully saturated rings. The molecule has 1 aliphatic rings. The highest BCUT2D eigenvalue weighted by Crippen LogP contribution is 2.27. The van der Waals surface area contributed by atoms with E-state index in [0.717, 1.165) is 24.5 Å². The van der Waals surface area contributed by atoms with Gasteiger partial charge in [-0.05, 0) is 24.6 Å². The molecule has 0 bridgehead atoms. The first-order chi connectivity index (χ1) is 7.75. The van der Waals surface area contributed by atoms with Gasteiger partial charge < -0.3 is 5.32 Å². The van der Waals surface area contributed by atoms with E-state index in [1.54, 1.807) is 24.5 Å². The monoisotopic (exact) mass is 254 g/mol. The smallest absolute Gasteiger partial charge is 0.186 e. The lowest BCUT2D eigenvalue weighted by molar-refractivity contribution is -0.109. The second-order valence-corrected chi connectivity index (χ2v) is 5.96. The number of carbonyl (C=O) groups excluding carboxylic acids is 1. The van der Waals surface area contributed by atoms with E-state index in [4.69, 9.17) is 0 Å². The van der Waals surface area contributed by atoms with Crippen molar-refractivity contribution in [1.29, 1.82) is 0 Å². The van der Waals surface area contributed by atoms with Crippen molar-refractivity contribution in [3.8, 4) is 0 Å². The van der Waals surface area contributed by atoms with Crippen LogP contribution in [0.4, 0.5) is 0 Å². The average Bonchev–Trinajstić information content (AvgIpc) is 2.73. The predicted molar refractivity (Wildman–Crippen MR) is 69.6 cm³/mol. The largest absolute Gasteiger partial charge is 0.313 e. The Morgan fingerprint density at radius 1 is 1.75 bits per heavy atom. The van der Waals surface area contributed by atoms with Crippen LogP contribution in [0, 0.1) is 0 Å². The van der Waals surface area contributed by atoms with Gasteiger partial charge in [-0.2, -0.15) is 0 Å². The van der Waals surface area contributed by atoms with Crippen molar-refractivity contribution < 1.29 is 4.79 Å². The Morgan fingerprint density at radius 3 is 3.31 bits per heavy atom. The van der Waals surface area contributed by atoms with Crippen LogP contribution in [0.25, 0.3) is 6.08 Å². The predicted octanol–water partition coefficient (Wildman–Crippen LogP) is 2.17. The van der Waals surface area contributed by atoms with Gasteiger partial charge >= 0.3 is 0 Å². The van der Waals surface area contributed by atoms with Gasteiger partial charge in [0, 0.05) is 30.3 Å². The minimum atomic E-state index is 0.192. The molecule has 1 N–H and O–H groups in total. The highest BCUT2D eigenvalue weighted by Gasteiger charge is 2.20. The summed E-state index contributed by atoms with van der Waals surface area (Å²) in [5, 5.41) is 6.84. The van der Waals surface area contributed by atoms with Crippen molar-refractivity contribution in [2.75, 3.05) is 13.1 Å². The maximum Gasteiger partial charge on any atom is 0.186 e. The molecule has 1 saturated heterocycles. The highest BCUT2D eigenvalue weighted by atomic mass is 32.2. The van der Waals surface area contributed by atoms with Crippen molar-refractivity contribution in [3.05, 3.63) is 22.2 Å². The molecule has 0 amide bonds. The Labute approximate surface area is 103 Å². The van der Waals surface area contributed by atoms with Crippen molar-refractivity contribution in [3.63, 3.8) is 0 Å². The fourth-order valence-electron chi connectivity index (χ4n) is 1.71. The number of nitrogens with one attached hydrogen (secondary N) is 1. The number of nitrogens with zero attached hydrogens (tertiary/aromatic N) is 1. The molecule has 1 unspecified atom stereocenters. The summed E-state index contributed by atoms with van der Waals surface area (Å²) in [7, 11) is 0. The fraction of sp³-hybridized carbons (Fsp3) is 0.455. The van der Waals surface area contributed by atoms with Crippen LogP contribution in [0.5, 0.6) is 0 Å². The number of rotatable bonds is 2. The second kappa shape index (κ2) is 5.61. The number of hydrogen-bond acceptors (Lipinski definition) is 5. The molecule has 0 aliphatic carbocycles. The van der Waals surface area contributed by atoms with E-state index in [1.165, 1.54) is 17.3 Å². The summed E-state index contributed by atoms with van der Waals surface area (Å²) in [5.74, 6) is 0. The van der Waals surface area contributed by atoms with Crippen LogP contribution in [0.1, 0.15) is 18.4 Å². The molecule has 86 valence electrons. The number of piperidine rings is 1. The summed E-state index contributed by atoms with van der Waals surface area (Å²) in [5.41, 5.74) is 1.28. The third-order valence-corrected chi connectivity index (χ3v) is 4.27. The molecule has 5 heteroatoms. The number of aromatic nitrogens is 1. The lowest BCUT2D eigenvalue weighted by atomic mass is 10.1. The Balaban J connectivity index is 2.12. The van der Waals surface area contributed by atoms with Gasteiger partial charge in [0.2, 0.25) is 0 Å². The van der Waals surface area contributed by atoms with E-state index < -0.39 is 0 Å². The van der Waals surface area contributed by atoms with Crippen molar-refractivity contribution >= 4 is 34.3 Å². The molecule has 0 aromatic carbocycles. The van der Waals surface area contributed by atoms with E-state index in [-0.39, 0.29) is 5.12 Å². The normalized spacial score (nSPS) is 23.6. The van der Waals surface area contributed by atoms with Gasteiger partial charge in [-0.25, -0.2) is 4.98 Å². The van der Waals surface area contributed by atoms with Crippen LogP contribution in [-0.2, 0) is 4.79 Å². The fourth-order valence-corrected chi connectivity index (χ4v) is 3.25. The van der Waals surface area contributed by atoms with E-state index in [2.05, 4.69) is 16.4 Å². The Bertz CT molecular complexity index is 387. The molecule has 2 rings (SSSR count). The van der Waals surface area contributed by atoms with Crippen LogP contribution in [0.15, 0.2) is 17.2 Å². The van der Waals surface area contributed by atoms with E-state index in [9.17, 15) is 4.79 Å². The number of carbonyl (C=O) groups is 1. The first-order valence-electron chi connectivity index (χ1n) is 5.23. The van der Waals surface area contributed by atoms with Crippen LogP contribution < -0.4 is 5.32 Å². The van der Waals surface area contributed by atoms with Crippen LogP contribution in [0.2, 0.25) is 0 Å². The average molecular weight is 254 g/mol. The van der Waals surface area contributed by atoms with Gasteiger partial charge in [0.15, 0.2) is 5.12 Å². The summed E-state index contributed by atoms with van der Waals surface area (Å²) >= 11 is 3.06. The number of thioether (sulfide) groups is 1. The number of thiazole rings is 1. The summed E-state index contributed by atoms with van der Waals surface area (Å²) in [6.45, 7) is 3.48. The van der Waals surface area contributed by atoms with Crippen LogP contribution >= 0.6 is 23.1 Å². The van der Waals surface area contributed by atoms with Gasteiger partial charge in [0.05, 0.1) is 0 Å². The lowest BCUT2D eigenvalue weighted by Crippen LogP contribution is -2.32. The SMILES string of the molecule is CC(=O)SC1CCNCC1=Cc1nccs1. The zero-order chi connectivity index (χ0) is 11.4. The molecule has 1 aromatic heterocycles. The van der Waals surface area contributed by atoms with Gasteiger partial charge in [-0.3, -0.25) is 4.79 Å². The maximum absolute atomic E-state index is 11.2. The molecule has 1 aromatic rings. The quantitative estimate of drug-likeness (QED) is 0.878. The minimum Gasteiger partial charge on any atom is -0.313 e. The minimum absolute atomic E-state index is 0.192. The van der Waals surface area contributed by atoms with E-state index in [0.29, 0.717) is 5.25 Å². The molecule has 0 spiro atoms. The molecule has 16 heavy (non-hydrogen) atoms. The first-order valence-corrected chi connectivity index (χ1v) is 6.99. The number of hydrogen-bond donors (Lipinski definition) is 1. The van der Waals surface area contributed by atoms with E-state index in [1.807, 2.05) is 5.38 Å². The van der Waals surface area contributed by atoms with Crippen molar-refractivity contribution in [2.45, 2.75) is 18.6 Å². The second-order valence-electron chi connectivity index (χ2n) is 3.65. The van der Waals surface area contributed by atoms with Gasteiger partial charge in [0.25, 0.3) is 0 Å². The molecule has 3 nitrogen and oxygen atoms in total. The molecule has 0 radical (unpaired) electrons. The topological polar surface area (TPSA) is 42.0 Å². The third-order valence-electron chi connectivity index (χ3n) is 2.39. The third kappa shape index (κ3) is 3.17. The lowest BCUT2D eigenvalue weighted by Gasteiger charge is -2.24. The Morgan fingerprint density at radius 2 is 2.62 bits per heavy atom. The zero-order valence-electron chi connectivity index (χ0n) is 9.10. The van der Waals surface area contributed by atoms with Crippen LogP contribution in [0.3, 0.4) is 0 Å². The molecule has 1 aliphatic heterocycles. The molecule has 0 saturated carbocycles.